The van der Waals surface area contributed by atoms with E-state index in [0.717, 1.165) is 4.90 Å². The van der Waals surface area contributed by atoms with Gasteiger partial charge in [-0.1, -0.05) is 30.3 Å². The van der Waals surface area contributed by atoms with Crippen LogP contribution < -0.4 is 0 Å². The van der Waals surface area contributed by atoms with Gasteiger partial charge in [-0.05, 0) is 27.7 Å². The fraction of sp³-hybridized carbons (Fsp3) is 0.438. The quantitative estimate of drug-likeness (QED) is 0.845. The molecule has 0 spiro atoms. The van der Waals surface area contributed by atoms with Crippen molar-refractivity contribution in [3.63, 3.8) is 0 Å². The van der Waals surface area contributed by atoms with Crippen molar-refractivity contribution < 1.29 is 24.2 Å². The minimum absolute atomic E-state index is 0.348. The highest BCUT2D eigenvalue weighted by Gasteiger charge is 2.31. The Balaban J connectivity index is 2.94. The largest absolute Gasteiger partial charge is 0.480 e. The molecular formula is C16H21NO5. The van der Waals surface area contributed by atoms with Gasteiger partial charge in [0.05, 0.1) is 6.54 Å². The molecule has 0 aliphatic rings. The van der Waals surface area contributed by atoms with Crippen LogP contribution in [0.25, 0.3) is 0 Å². The number of Topliss-reactive ketones (excluding diaryl/α,β-unsaturated/α-hetero) is 1. The number of aliphatic carboxylic acids is 1. The molecule has 1 aromatic rings. The van der Waals surface area contributed by atoms with Gasteiger partial charge in [-0.15, -0.1) is 0 Å². The van der Waals surface area contributed by atoms with Crippen molar-refractivity contribution in [3.05, 3.63) is 35.9 Å². The van der Waals surface area contributed by atoms with Gasteiger partial charge in [0.1, 0.15) is 11.6 Å². The van der Waals surface area contributed by atoms with Crippen molar-refractivity contribution in [3.8, 4) is 0 Å². The molecule has 1 rings (SSSR count). The second-order valence-electron chi connectivity index (χ2n) is 5.91. The van der Waals surface area contributed by atoms with Gasteiger partial charge in [-0.2, -0.15) is 0 Å². The van der Waals surface area contributed by atoms with Crippen LogP contribution in [-0.2, 0) is 9.53 Å². The van der Waals surface area contributed by atoms with Crippen LogP contribution in [-0.4, -0.2) is 46.0 Å². The summed E-state index contributed by atoms with van der Waals surface area (Å²) in [6, 6.07) is 7.23. The van der Waals surface area contributed by atoms with E-state index in [1.807, 2.05) is 0 Å². The standard InChI is InChI=1S/C16H21NO5/c1-11(14(19)20)17(15(21)22-16(2,3)4)10-13(18)12-8-6-5-7-9-12/h5-9,11H,10H2,1-4H3,(H,19,20)/t11-/m1/s1. The Morgan fingerprint density at radius 3 is 2.18 bits per heavy atom. The summed E-state index contributed by atoms with van der Waals surface area (Å²) in [6.07, 6.45) is -0.827. The van der Waals surface area contributed by atoms with E-state index in [0.29, 0.717) is 5.56 Å². The number of hydrogen-bond donors (Lipinski definition) is 1. The molecular weight excluding hydrogens is 286 g/mol. The van der Waals surface area contributed by atoms with Gasteiger partial charge in [0.15, 0.2) is 5.78 Å². The third-order valence-electron chi connectivity index (χ3n) is 2.86. The van der Waals surface area contributed by atoms with Gasteiger partial charge in [-0.25, -0.2) is 9.59 Å². The summed E-state index contributed by atoms with van der Waals surface area (Å²) in [4.78, 5) is 36.5. The Bertz CT molecular complexity index is 547. The second-order valence-corrected chi connectivity index (χ2v) is 5.91. The summed E-state index contributed by atoms with van der Waals surface area (Å²) < 4.78 is 5.18. The van der Waals surface area contributed by atoms with Crippen molar-refractivity contribution >= 4 is 17.8 Å². The Morgan fingerprint density at radius 2 is 1.73 bits per heavy atom. The number of benzene rings is 1. The van der Waals surface area contributed by atoms with Crippen molar-refractivity contribution in [1.29, 1.82) is 0 Å². The lowest BCUT2D eigenvalue weighted by molar-refractivity contribution is -0.142. The first-order valence-electron chi connectivity index (χ1n) is 6.92. The monoisotopic (exact) mass is 307 g/mol. The van der Waals surface area contributed by atoms with E-state index in [2.05, 4.69) is 0 Å². The van der Waals surface area contributed by atoms with Gasteiger partial charge in [0.25, 0.3) is 0 Å². The summed E-state index contributed by atoms with van der Waals surface area (Å²) >= 11 is 0. The first-order chi connectivity index (χ1) is 10.1. The molecule has 22 heavy (non-hydrogen) atoms. The predicted octanol–water partition coefficient (Wildman–Crippen LogP) is 2.58. The average molecular weight is 307 g/mol. The van der Waals surface area contributed by atoms with Crippen LogP contribution in [0.4, 0.5) is 4.79 Å². The van der Waals surface area contributed by atoms with E-state index in [4.69, 9.17) is 9.84 Å². The number of ketones is 1. The number of carboxylic acid groups (broad SMARTS) is 1. The van der Waals surface area contributed by atoms with Crippen LogP contribution in [0.15, 0.2) is 30.3 Å². The fourth-order valence-electron chi connectivity index (χ4n) is 1.68. The number of carbonyl (C=O) groups is 3. The number of rotatable bonds is 5. The zero-order chi connectivity index (χ0) is 16.9. The molecule has 6 heteroatoms. The van der Waals surface area contributed by atoms with Gasteiger partial charge in [0.2, 0.25) is 0 Å². The van der Waals surface area contributed by atoms with Crippen molar-refractivity contribution in [2.45, 2.75) is 39.3 Å². The van der Waals surface area contributed by atoms with E-state index >= 15 is 0 Å². The van der Waals surface area contributed by atoms with Crippen LogP contribution >= 0.6 is 0 Å². The fourth-order valence-corrected chi connectivity index (χ4v) is 1.68. The summed E-state index contributed by atoms with van der Waals surface area (Å²) in [6.45, 7) is 6.01. The molecule has 1 N–H and O–H groups in total. The molecule has 0 radical (unpaired) electrons. The van der Waals surface area contributed by atoms with E-state index in [-0.39, 0.29) is 12.3 Å². The van der Waals surface area contributed by atoms with E-state index in [1.54, 1.807) is 51.1 Å². The highest BCUT2D eigenvalue weighted by Crippen LogP contribution is 2.13. The maximum Gasteiger partial charge on any atom is 0.411 e. The lowest BCUT2D eigenvalue weighted by Gasteiger charge is -2.29. The van der Waals surface area contributed by atoms with Crippen molar-refractivity contribution in [2.75, 3.05) is 6.54 Å². The smallest absolute Gasteiger partial charge is 0.411 e. The van der Waals surface area contributed by atoms with Crippen molar-refractivity contribution in [1.82, 2.24) is 4.90 Å². The molecule has 6 nitrogen and oxygen atoms in total. The molecule has 1 atom stereocenters. The van der Waals surface area contributed by atoms with Gasteiger partial charge in [-0.3, -0.25) is 9.69 Å². The minimum Gasteiger partial charge on any atom is -0.480 e. The Morgan fingerprint density at radius 1 is 1.18 bits per heavy atom. The summed E-state index contributed by atoms with van der Waals surface area (Å²) in [7, 11) is 0. The summed E-state index contributed by atoms with van der Waals surface area (Å²) in [5.41, 5.74) is -0.364. The molecule has 0 heterocycles. The molecule has 1 aromatic carbocycles. The normalized spacial score (nSPS) is 12.4. The average Bonchev–Trinajstić information content (AvgIpc) is 2.42. The summed E-state index contributed by atoms with van der Waals surface area (Å²) in [5, 5.41) is 9.12. The van der Waals surface area contributed by atoms with Gasteiger partial charge >= 0.3 is 12.1 Å². The van der Waals surface area contributed by atoms with Gasteiger partial charge in [0, 0.05) is 5.56 Å². The molecule has 0 aliphatic heterocycles. The molecule has 0 saturated heterocycles. The van der Waals surface area contributed by atoms with Crippen LogP contribution in [0.1, 0.15) is 38.1 Å². The zero-order valence-electron chi connectivity index (χ0n) is 13.2. The molecule has 0 aromatic heterocycles. The molecule has 0 bridgehead atoms. The van der Waals surface area contributed by atoms with Crippen LogP contribution in [0.2, 0.25) is 0 Å². The zero-order valence-corrected chi connectivity index (χ0v) is 13.2. The number of carbonyl (C=O) groups excluding carboxylic acids is 2. The highest BCUT2D eigenvalue weighted by molar-refractivity contribution is 5.99. The Hall–Kier alpha value is -2.37. The molecule has 120 valence electrons. The topological polar surface area (TPSA) is 83.9 Å². The SMILES string of the molecule is C[C@H](C(=O)O)N(CC(=O)c1ccccc1)C(=O)OC(C)(C)C. The minimum atomic E-state index is -1.20. The maximum absolute atomic E-state index is 12.2. The molecule has 0 aliphatic carbocycles. The number of nitrogens with zero attached hydrogens (tertiary/aromatic N) is 1. The number of amides is 1. The lowest BCUT2D eigenvalue weighted by Crippen LogP contribution is -2.48. The Kier molecular flexibility index (Phi) is 5.68. The Labute approximate surface area is 129 Å². The third-order valence-corrected chi connectivity index (χ3v) is 2.86. The first kappa shape index (κ1) is 17.7. The summed E-state index contributed by atoms with van der Waals surface area (Å²) in [5.74, 6) is -1.55. The highest BCUT2D eigenvalue weighted by atomic mass is 16.6. The lowest BCUT2D eigenvalue weighted by atomic mass is 10.1. The number of ether oxygens (including phenoxy) is 1. The first-order valence-corrected chi connectivity index (χ1v) is 6.92. The van der Waals surface area contributed by atoms with Crippen molar-refractivity contribution in [2.24, 2.45) is 0 Å². The van der Waals surface area contributed by atoms with E-state index < -0.39 is 23.7 Å². The molecule has 0 saturated carbocycles. The second kappa shape index (κ2) is 7.06. The van der Waals surface area contributed by atoms with E-state index in [9.17, 15) is 14.4 Å². The number of carboxylic acids is 1. The van der Waals surface area contributed by atoms with Crippen LogP contribution in [0.5, 0.6) is 0 Å². The maximum atomic E-state index is 12.2. The molecule has 1 amide bonds. The van der Waals surface area contributed by atoms with Gasteiger partial charge < -0.3 is 9.84 Å². The molecule has 0 fully saturated rings. The predicted molar refractivity (Wildman–Crippen MR) is 80.8 cm³/mol. The van der Waals surface area contributed by atoms with Crippen LogP contribution in [0.3, 0.4) is 0 Å². The third kappa shape index (κ3) is 5.20. The number of hydrogen-bond acceptors (Lipinski definition) is 4. The van der Waals surface area contributed by atoms with E-state index in [1.165, 1.54) is 6.92 Å². The van der Waals surface area contributed by atoms with Crippen LogP contribution in [0, 0.1) is 0 Å². The molecule has 0 unspecified atom stereocenters.